The maximum Gasteiger partial charge on any atom is 0.123 e. The van der Waals surface area contributed by atoms with E-state index in [0.29, 0.717) is 6.54 Å². The van der Waals surface area contributed by atoms with Crippen LogP contribution in [-0.2, 0) is 13.0 Å². The van der Waals surface area contributed by atoms with Crippen molar-refractivity contribution in [1.29, 1.82) is 0 Å². The highest BCUT2D eigenvalue weighted by Gasteiger charge is 2.05. The molecule has 0 saturated heterocycles. The summed E-state index contributed by atoms with van der Waals surface area (Å²) in [6.45, 7) is 4.77. The van der Waals surface area contributed by atoms with Crippen molar-refractivity contribution in [2.24, 2.45) is 0 Å². The zero-order chi connectivity index (χ0) is 12.3. The molecule has 0 bridgehead atoms. The third-order valence-corrected chi connectivity index (χ3v) is 3.04. The Hall–Kier alpha value is -1.41. The van der Waals surface area contributed by atoms with Crippen molar-refractivity contribution in [3.63, 3.8) is 0 Å². The average molecular weight is 250 g/mol. The van der Waals surface area contributed by atoms with E-state index in [9.17, 15) is 0 Å². The normalized spacial score (nSPS) is 10.5. The molecular formula is C14H16ClNO. The van der Waals surface area contributed by atoms with Crippen LogP contribution >= 0.6 is 11.6 Å². The van der Waals surface area contributed by atoms with Gasteiger partial charge in [-0.25, -0.2) is 0 Å². The molecule has 2 nitrogen and oxygen atoms in total. The first-order valence-electron chi connectivity index (χ1n) is 5.77. The summed E-state index contributed by atoms with van der Waals surface area (Å²) in [7, 11) is 0. The fourth-order valence-electron chi connectivity index (χ4n) is 1.74. The molecule has 1 heterocycles. The lowest BCUT2D eigenvalue weighted by Crippen LogP contribution is -2.00. The Morgan fingerprint density at radius 3 is 2.59 bits per heavy atom. The quantitative estimate of drug-likeness (QED) is 0.868. The first kappa shape index (κ1) is 12.1. The van der Waals surface area contributed by atoms with E-state index in [1.165, 1.54) is 0 Å². The van der Waals surface area contributed by atoms with Crippen LogP contribution in [0.15, 0.2) is 34.7 Å². The summed E-state index contributed by atoms with van der Waals surface area (Å²) in [6.07, 6.45) is 0.922. The van der Waals surface area contributed by atoms with Crippen molar-refractivity contribution in [3.05, 3.63) is 52.4 Å². The molecule has 0 aliphatic rings. The highest BCUT2D eigenvalue weighted by Crippen LogP contribution is 2.25. The van der Waals surface area contributed by atoms with Crippen LogP contribution in [-0.4, -0.2) is 0 Å². The Kier molecular flexibility index (Phi) is 3.75. The molecule has 1 aromatic heterocycles. The minimum Gasteiger partial charge on any atom is -0.464 e. The molecule has 2 rings (SSSR count). The topological polar surface area (TPSA) is 25.2 Å². The zero-order valence-electron chi connectivity index (χ0n) is 10.1. The number of rotatable bonds is 4. The first-order chi connectivity index (χ1) is 8.20. The maximum absolute atomic E-state index is 6.14. The number of benzene rings is 1. The van der Waals surface area contributed by atoms with Gasteiger partial charge in [0.25, 0.3) is 0 Å². The molecule has 0 amide bonds. The second kappa shape index (κ2) is 5.28. The number of nitrogens with one attached hydrogen (secondary N) is 1. The molecule has 1 aromatic carbocycles. The third-order valence-electron chi connectivity index (χ3n) is 2.73. The van der Waals surface area contributed by atoms with Gasteiger partial charge in [0.2, 0.25) is 0 Å². The average Bonchev–Trinajstić information content (AvgIpc) is 2.76. The van der Waals surface area contributed by atoms with Crippen LogP contribution in [0.2, 0.25) is 5.02 Å². The van der Waals surface area contributed by atoms with Crippen molar-refractivity contribution in [3.8, 4) is 0 Å². The second-order valence-corrected chi connectivity index (χ2v) is 4.41. The summed E-state index contributed by atoms with van der Waals surface area (Å²) >= 11 is 6.14. The lowest BCUT2D eigenvalue weighted by Gasteiger charge is -2.09. The highest BCUT2D eigenvalue weighted by atomic mass is 35.5. The van der Waals surface area contributed by atoms with Crippen LogP contribution in [0.3, 0.4) is 0 Å². The Morgan fingerprint density at radius 1 is 1.18 bits per heavy atom. The van der Waals surface area contributed by atoms with Crippen LogP contribution in [0.25, 0.3) is 0 Å². The molecule has 17 heavy (non-hydrogen) atoms. The van der Waals surface area contributed by atoms with Gasteiger partial charge in [-0.1, -0.05) is 30.7 Å². The van der Waals surface area contributed by atoms with E-state index < -0.39 is 0 Å². The number of halogens is 1. The number of hydrogen-bond acceptors (Lipinski definition) is 2. The second-order valence-electron chi connectivity index (χ2n) is 4.01. The summed E-state index contributed by atoms with van der Waals surface area (Å²) < 4.78 is 5.63. The van der Waals surface area contributed by atoms with Gasteiger partial charge >= 0.3 is 0 Å². The third kappa shape index (κ3) is 2.83. The van der Waals surface area contributed by atoms with Gasteiger partial charge in [-0.2, -0.15) is 0 Å². The molecule has 0 aliphatic carbocycles. The van der Waals surface area contributed by atoms with Gasteiger partial charge in [0, 0.05) is 6.42 Å². The summed E-state index contributed by atoms with van der Waals surface area (Å²) in [5, 5.41) is 4.05. The molecule has 90 valence electrons. The predicted molar refractivity (Wildman–Crippen MR) is 71.6 cm³/mol. The minimum absolute atomic E-state index is 0.657. The lowest BCUT2D eigenvalue weighted by molar-refractivity contribution is 0.476. The molecule has 0 aliphatic heterocycles. The van der Waals surface area contributed by atoms with E-state index in [0.717, 1.165) is 34.2 Å². The molecule has 0 radical (unpaired) electrons. The molecule has 0 spiro atoms. The summed E-state index contributed by atoms with van der Waals surface area (Å²) in [4.78, 5) is 0. The van der Waals surface area contributed by atoms with Crippen molar-refractivity contribution in [1.82, 2.24) is 0 Å². The first-order valence-corrected chi connectivity index (χ1v) is 6.15. The Labute approximate surface area is 107 Å². The molecule has 0 fully saturated rings. The van der Waals surface area contributed by atoms with Gasteiger partial charge in [0.1, 0.15) is 11.5 Å². The number of aryl methyl sites for hydroxylation is 2. The van der Waals surface area contributed by atoms with Gasteiger partial charge in [0.15, 0.2) is 0 Å². The molecule has 1 N–H and O–H groups in total. The standard InChI is InChI=1S/C14H16ClNO/c1-3-11-7-8-12(17-11)9-16-14-10(2)5-4-6-13(14)15/h4-8,16H,3,9H2,1-2H3. The fourth-order valence-corrected chi connectivity index (χ4v) is 2.03. The van der Waals surface area contributed by atoms with Gasteiger partial charge < -0.3 is 9.73 Å². The SMILES string of the molecule is CCc1ccc(CNc2c(C)cccc2Cl)o1. The molecule has 0 unspecified atom stereocenters. The Bertz CT molecular complexity index is 484. The fraction of sp³-hybridized carbons (Fsp3) is 0.286. The van der Waals surface area contributed by atoms with E-state index in [1.54, 1.807) is 0 Å². The van der Waals surface area contributed by atoms with E-state index in [1.807, 2.05) is 37.3 Å². The van der Waals surface area contributed by atoms with Crippen molar-refractivity contribution in [2.75, 3.05) is 5.32 Å². The van der Waals surface area contributed by atoms with E-state index >= 15 is 0 Å². The molecule has 2 aromatic rings. The minimum atomic E-state index is 0.657. The van der Waals surface area contributed by atoms with Crippen LogP contribution in [0.4, 0.5) is 5.69 Å². The van der Waals surface area contributed by atoms with Crippen LogP contribution in [0, 0.1) is 6.92 Å². The lowest BCUT2D eigenvalue weighted by atomic mass is 10.2. The molecule has 3 heteroatoms. The van der Waals surface area contributed by atoms with Gasteiger partial charge in [-0.05, 0) is 30.7 Å². The van der Waals surface area contributed by atoms with E-state index in [4.69, 9.17) is 16.0 Å². The number of anilines is 1. The van der Waals surface area contributed by atoms with Gasteiger partial charge in [-0.3, -0.25) is 0 Å². The van der Waals surface area contributed by atoms with Crippen LogP contribution in [0.5, 0.6) is 0 Å². The van der Waals surface area contributed by atoms with E-state index in [-0.39, 0.29) is 0 Å². The Morgan fingerprint density at radius 2 is 1.94 bits per heavy atom. The predicted octanol–water partition coefficient (Wildman–Crippen LogP) is 4.42. The summed E-state index contributed by atoms with van der Waals surface area (Å²) in [5.41, 5.74) is 2.11. The van der Waals surface area contributed by atoms with Crippen molar-refractivity contribution >= 4 is 17.3 Å². The summed E-state index contributed by atoms with van der Waals surface area (Å²) in [6, 6.07) is 9.88. The molecular weight excluding hydrogens is 234 g/mol. The highest BCUT2D eigenvalue weighted by molar-refractivity contribution is 6.33. The smallest absolute Gasteiger partial charge is 0.123 e. The van der Waals surface area contributed by atoms with Crippen molar-refractivity contribution in [2.45, 2.75) is 26.8 Å². The molecule has 0 atom stereocenters. The largest absolute Gasteiger partial charge is 0.464 e. The van der Waals surface area contributed by atoms with Crippen molar-refractivity contribution < 1.29 is 4.42 Å². The van der Waals surface area contributed by atoms with Crippen LogP contribution in [0.1, 0.15) is 24.0 Å². The monoisotopic (exact) mass is 249 g/mol. The van der Waals surface area contributed by atoms with Crippen LogP contribution < -0.4 is 5.32 Å². The van der Waals surface area contributed by atoms with Gasteiger partial charge in [-0.15, -0.1) is 0 Å². The Balaban J connectivity index is 2.07. The zero-order valence-corrected chi connectivity index (χ0v) is 10.8. The maximum atomic E-state index is 6.14. The molecule has 0 saturated carbocycles. The number of para-hydroxylation sites is 1. The summed E-state index contributed by atoms with van der Waals surface area (Å²) in [5.74, 6) is 1.94. The van der Waals surface area contributed by atoms with E-state index in [2.05, 4.69) is 12.2 Å². The number of furan rings is 1. The van der Waals surface area contributed by atoms with Gasteiger partial charge in [0.05, 0.1) is 17.3 Å². The number of hydrogen-bond donors (Lipinski definition) is 1.